The van der Waals surface area contributed by atoms with Crippen molar-refractivity contribution in [2.24, 2.45) is 0 Å². The predicted molar refractivity (Wildman–Crippen MR) is 88.0 cm³/mol. The molecule has 1 unspecified atom stereocenters. The van der Waals surface area contributed by atoms with Crippen molar-refractivity contribution in [1.82, 2.24) is 9.80 Å². The van der Waals surface area contributed by atoms with E-state index in [0.717, 1.165) is 11.3 Å². The number of hydrogen-bond acceptors (Lipinski definition) is 5. The van der Waals surface area contributed by atoms with E-state index in [1.807, 2.05) is 17.5 Å². The van der Waals surface area contributed by atoms with Crippen molar-refractivity contribution in [2.45, 2.75) is 25.3 Å². The number of carbonyl (C=O) groups is 2. The highest BCUT2D eigenvalue weighted by Crippen LogP contribution is 2.22. The van der Waals surface area contributed by atoms with Crippen LogP contribution < -0.4 is 0 Å². The van der Waals surface area contributed by atoms with E-state index in [0.29, 0.717) is 19.4 Å². The van der Waals surface area contributed by atoms with Gasteiger partial charge in [-0.05, 0) is 24.3 Å². The number of nitrogens with zero attached hydrogens (tertiary/aromatic N) is 2. The summed E-state index contributed by atoms with van der Waals surface area (Å²) in [7, 11) is -3.01. The van der Waals surface area contributed by atoms with Crippen LogP contribution in [-0.2, 0) is 25.8 Å². The van der Waals surface area contributed by atoms with E-state index in [2.05, 4.69) is 0 Å². The number of hydrogen-bond donors (Lipinski definition) is 0. The lowest BCUT2D eigenvalue weighted by Gasteiger charge is -2.32. The maximum atomic E-state index is 12.7. The Hall–Kier alpha value is -1.41. The van der Waals surface area contributed by atoms with Gasteiger partial charge in [0.2, 0.25) is 11.8 Å². The fourth-order valence-electron chi connectivity index (χ4n) is 3.13. The van der Waals surface area contributed by atoms with E-state index in [-0.39, 0.29) is 36.4 Å². The molecule has 3 heterocycles. The molecule has 1 atom stereocenters. The van der Waals surface area contributed by atoms with Gasteiger partial charge in [-0.1, -0.05) is 6.07 Å². The second-order valence-corrected chi connectivity index (χ2v) is 9.31. The van der Waals surface area contributed by atoms with Crippen LogP contribution in [0.15, 0.2) is 17.5 Å². The first kappa shape index (κ1) is 16.4. The van der Waals surface area contributed by atoms with Crippen molar-refractivity contribution in [1.29, 1.82) is 0 Å². The van der Waals surface area contributed by atoms with Gasteiger partial charge in [0.05, 0.1) is 17.9 Å². The Morgan fingerprint density at radius 1 is 1.22 bits per heavy atom. The van der Waals surface area contributed by atoms with E-state index in [4.69, 9.17) is 0 Å². The lowest BCUT2D eigenvalue weighted by Crippen LogP contribution is -2.52. The summed E-state index contributed by atoms with van der Waals surface area (Å²) in [4.78, 5) is 29.4. The second kappa shape index (κ2) is 6.60. The van der Waals surface area contributed by atoms with Crippen molar-refractivity contribution in [3.63, 3.8) is 0 Å². The smallest absolute Gasteiger partial charge is 0.245 e. The molecule has 0 N–H and O–H groups in total. The molecule has 0 aliphatic carbocycles. The summed E-state index contributed by atoms with van der Waals surface area (Å²) in [6, 6.07) is 3.40. The molecule has 23 heavy (non-hydrogen) atoms. The molecule has 1 aromatic rings. The SMILES string of the molecule is O=C(C1CCCN1C(=O)Cc1cccs1)N1CCS(=O)(=O)CC1. The molecule has 0 saturated carbocycles. The quantitative estimate of drug-likeness (QED) is 0.792. The maximum absolute atomic E-state index is 12.7. The van der Waals surface area contributed by atoms with Gasteiger partial charge in [-0.25, -0.2) is 8.42 Å². The van der Waals surface area contributed by atoms with Crippen LogP contribution in [0.25, 0.3) is 0 Å². The summed E-state index contributed by atoms with van der Waals surface area (Å²) in [6.07, 6.45) is 1.81. The first-order chi connectivity index (χ1) is 11.0. The molecule has 1 aromatic heterocycles. The molecule has 8 heteroatoms. The molecule has 2 fully saturated rings. The average Bonchev–Trinajstić information content (AvgIpc) is 3.17. The first-order valence-corrected chi connectivity index (χ1v) is 10.5. The Morgan fingerprint density at radius 2 is 1.96 bits per heavy atom. The lowest BCUT2D eigenvalue weighted by atomic mass is 10.1. The van der Waals surface area contributed by atoms with Gasteiger partial charge in [0.15, 0.2) is 9.84 Å². The van der Waals surface area contributed by atoms with Crippen molar-refractivity contribution in [3.8, 4) is 0 Å². The Morgan fingerprint density at radius 3 is 2.61 bits per heavy atom. The summed E-state index contributed by atoms with van der Waals surface area (Å²) in [6.45, 7) is 1.09. The molecular weight excluding hydrogens is 336 g/mol. The largest absolute Gasteiger partial charge is 0.339 e. The van der Waals surface area contributed by atoms with Gasteiger partial charge in [-0.2, -0.15) is 0 Å². The van der Waals surface area contributed by atoms with E-state index < -0.39 is 15.9 Å². The Bertz CT molecular complexity index is 670. The van der Waals surface area contributed by atoms with E-state index in [9.17, 15) is 18.0 Å². The molecule has 3 rings (SSSR count). The van der Waals surface area contributed by atoms with Gasteiger partial charge >= 0.3 is 0 Å². The van der Waals surface area contributed by atoms with Crippen LogP contribution >= 0.6 is 11.3 Å². The number of sulfone groups is 1. The number of thiophene rings is 1. The number of rotatable bonds is 3. The van der Waals surface area contributed by atoms with Crippen LogP contribution in [0.2, 0.25) is 0 Å². The minimum atomic E-state index is -3.01. The molecule has 0 spiro atoms. The van der Waals surface area contributed by atoms with Gasteiger partial charge < -0.3 is 9.80 Å². The zero-order valence-electron chi connectivity index (χ0n) is 12.8. The van der Waals surface area contributed by atoms with Crippen LogP contribution in [0, 0.1) is 0 Å². The normalized spacial score (nSPS) is 23.9. The Balaban J connectivity index is 1.64. The van der Waals surface area contributed by atoms with Gasteiger partial charge in [0.1, 0.15) is 6.04 Å². The molecule has 0 bridgehead atoms. The van der Waals surface area contributed by atoms with Crippen LogP contribution in [-0.4, -0.2) is 67.2 Å². The minimum absolute atomic E-state index is 0.0204. The molecule has 2 aliphatic heterocycles. The summed E-state index contributed by atoms with van der Waals surface area (Å²) >= 11 is 1.54. The summed E-state index contributed by atoms with van der Waals surface area (Å²) < 4.78 is 23.0. The summed E-state index contributed by atoms with van der Waals surface area (Å²) in [5.41, 5.74) is 0. The van der Waals surface area contributed by atoms with Crippen molar-refractivity contribution in [3.05, 3.63) is 22.4 Å². The number of likely N-dealkylation sites (tertiary alicyclic amines) is 1. The van der Waals surface area contributed by atoms with Gasteiger partial charge in [0.25, 0.3) is 0 Å². The molecule has 2 aliphatic rings. The van der Waals surface area contributed by atoms with E-state index in [1.54, 1.807) is 9.80 Å². The van der Waals surface area contributed by atoms with Crippen molar-refractivity contribution in [2.75, 3.05) is 31.1 Å². The zero-order chi connectivity index (χ0) is 16.4. The van der Waals surface area contributed by atoms with Crippen LogP contribution in [0.5, 0.6) is 0 Å². The van der Waals surface area contributed by atoms with Crippen LogP contribution in [0.3, 0.4) is 0 Å². The number of amides is 2. The topological polar surface area (TPSA) is 74.8 Å². The lowest BCUT2D eigenvalue weighted by molar-refractivity contribution is -0.143. The average molecular weight is 356 g/mol. The maximum Gasteiger partial charge on any atom is 0.245 e. The fourth-order valence-corrected chi connectivity index (χ4v) is 5.03. The van der Waals surface area contributed by atoms with Crippen LogP contribution in [0.4, 0.5) is 0 Å². The van der Waals surface area contributed by atoms with Gasteiger partial charge in [-0.15, -0.1) is 11.3 Å². The highest BCUT2D eigenvalue weighted by molar-refractivity contribution is 7.91. The third kappa shape index (κ3) is 3.74. The standard InChI is InChI=1S/C15H20N2O4S2/c18-14(11-12-3-2-8-22-12)17-5-1-4-13(17)15(19)16-6-9-23(20,21)10-7-16/h2-3,8,13H,1,4-7,9-11H2. The molecule has 6 nitrogen and oxygen atoms in total. The van der Waals surface area contributed by atoms with Gasteiger partial charge in [-0.3, -0.25) is 9.59 Å². The monoisotopic (exact) mass is 356 g/mol. The minimum Gasteiger partial charge on any atom is -0.339 e. The molecule has 0 aromatic carbocycles. The van der Waals surface area contributed by atoms with Gasteiger partial charge in [0, 0.05) is 24.5 Å². The highest BCUT2D eigenvalue weighted by Gasteiger charge is 2.37. The zero-order valence-corrected chi connectivity index (χ0v) is 14.4. The van der Waals surface area contributed by atoms with Crippen molar-refractivity contribution < 1.29 is 18.0 Å². The summed E-state index contributed by atoms with van der Waals surface area (Å²) in [5, 5.41) is 1.93. The van der Waals surface area contributed by atoms with E-state index in [1.165, 1.54) is 11.3 Å². The Labute approximate surface area is 140 Å². The number of carbonyl (C=O) groups excluding carboxylic acids is 2. The molecule has 126 valence electrons. The second-order valence-electron chi connectivity index (χ2n) is 5.98. The molecule has 2 amide bonds. The fraction of sp³-hybridized carbons (Fsp3) is 0.600. The third-order valence-electron chi connectivity index (χ3n) is 4.42. The summed E-state index contributed by atoms with van der Waals surface area (Å²) in [5.74, 6) is -0.0757. The van der Waals surface area contributed by atoms with E-state index >= 15 is 0 Å². The third-order valence-corrected chi connectivity index (χ3v) is 6.91. The van der Waals surface area contributed by atoms with Crippen LogP contribution in [0.1, 0.15) is 17.7 Å². The molecule has 2 saturated heterocycles. The first-order valence-electron chi connectivity index (χ1n) is 7.77. The highest BCUT2D eigenvalue weighted by atomic mass is 32.2. The molecular formula is C15H20N2O4S2. The Kier molecular flexibility index (Phi) is 4.72. The molecule has 0 radical (unpaired) electrons. The van der Waals surface area contributed by atoms with Crippen molar-refractivity contribution >= 4 is 33.0 Å². The predicted octanol–water partition coefficient (Wildman–Crippen LogP) is 0.539.